The Labute approximate surface area is 110 Å². The lowest BCUT2D eigenvalue weighted by atomic mass is 9.99. The summed E-state index contributed by atoms with van der Waals surface area (Å²) in [6, 6.07) is 0.258. The van der Waals surface area contributed by atoms with Gasteiger partial charge in [0.15, 0.2) is 0 Å². The number of nitrogens with one attached hydrogen (secondary N) is 1. The van der Waals surface area contributed by atoms with Gasteiger partial charge in [-0.1, -0.05) is 0 Å². The highest BCUT2D eigenvalue weighted by Gasteiger charge is 2.26. The third kappa shape index (κ3) is 4.74. The summed E-state index contributed by atoms with van der Waals surface area (Å²) < 4.78 is 1.85. The fourth-order valence-electron chi connectivity index (χ4n) is 1.69. The summed E-state index contributed by atoms with van der Waals surface area (Å²) >= 11 is 0. The number of aromatic nitrogens is 3. The molecule has 0 saturated heterocycles. The Bertz CT molecular complexity index is 377. The first-order valence-electron chi connectivity index (χ1n) is 6.46. The maximum atomic E-state index is 10.4. The number of hydrogen-bond donors (Lipinski definition) is 2. The van der Waals surface area contributed by atoms with Crippen LogP contribution in [0.5, 0.6) is 0 Å². The van der Waals surface area contributed by atoms with E-state index in [2.05, 4.69) is 50.0 Å². The summed E-state index contributed by atoms with van der Waals surface area (Å²) in [6.45, 7) is 12.7. The lowest BCUT2D eigenvalue weighted by Gasteiger charge is -2.29. The molecule has 2 N–H and O–H groups in total. The highest BCUT2D eigenvalue weighted by molar-refractivity contribution is 4.95. The molecular formula is C13H26N4O. The van der Waals surface area contributed by atoms with Crippen LogP contribution in [0.1, 0.15) is 53.4 Å². The first-order valence-corrected chi connectivity index (χ1v) is 6.46. The van der Waals surface area contributed by atoms with Crippen LogP contribution >= 0.6 is 0 Å². The molecule has 5 nitrogen and oxygen atoms in total. The molecule has 1 aromatic rings. The van der Waals surface area contributed by atoms with Crippen molar-refractivity contribution in [3.8, 4) is 0 Å². The van der Waals surface area contributed by atoms with Gasteiger partial charge in [0.25, 0.3) is 0 Å². The minimum Gasteiger partial charge on any atom is -0.388 e. The molecule has 0 aliphatic carbocycles. The lowest BCUT2D eigenvalue weighted by molar-refractivity contribution is 0.0502. The zero-order valence-electron chi connectivity index (χ0n) is 12.4. The molecule has 0 aliphatic heterocycles. The van der Waals surface area contributed by atoms with Gasteiger partial charge in [0.1, 0.15) is 12.2 Å². The largest absolute Gasteiger partial charge is 0.388 e. The van der Waals surface area contributed by atoms with Crippen molar-refractivity contribution < 1.29 is 5.11 Å². The average Bonchev–Trinajstić information content (AvgIpc) is 2.61. The molecule has 0 aromatic carbocycles. The molecule has 0 aliphatic rings. The second kappa shape index (κ2) is 5.36. The molecule has 1 rings (SSSR count). The Morgan fingerprint density at radius 1 is 1.33 bits per heavy atom. The molecule has 5 heteroatoms. The molecule has 0 fully saturated rings. The molecule has 0 spiro atoms. The van der Waals surface area contributed by atoms with Gasteiger partial charge in [-0.25, -0.2) is 9.67 Å². The Balaban J connectivity index is 2.67. The molecular weight excluding hydrogens is 228 g/mol. The maximum absolute atomic E-state index is 10.4. The second-order valence-corrected chi connectivity index (χ2v) is 6.49. The van der Waals surface area contributed by atoms with Crippen LogP contribution in [0.15, 0.2) is 6.33 Å². The molecule has 0 saturated carbocycles. The van der Waals surface area contributed by atoms with Crippen molar-refractivity contribution in [3.63, 3.8) is 0 Å². The van der Waals surface area contributed by atoms with Crippen LogP contribution in [0.2, 0.25) is 0 Å². The Hall–Kier alpha value is -0.940. The molecule has 1 aromatic heterocycles. The van der Waals surface area contributed by atoms with Crippen molar-refractivity contribution in [1.82, 2.24) is 20.1 Å². The van der Waals surface area contributed by atoms with E-state index in [1.54, 1.807) is 6.33 Å². The van der Waals surface area contributed by atoms with Gasteiger partial charge in [-0.15, -0.1) is 0 Å². The van der Waals surface area contributed by atoms with Gasteiger partial charge >= 0.3 is 0 Å². The van der Waals surface area contributed by atoms with Crippen molar-refractivity contribution in [2.45, 2.75) is 65.1 Å². The van der Waals surface area contributed by atoms with Gasteiger partial charge in [0.05, 0.1) is 5.60 Å². The first kappa shape index (κ1) is 15.1. The van der Waals surface area contributed by atoms with E-state index in [9.17, 15) is 5.11 Å². The van der Waals surface area contributed by atoms with Crippen LogP contribution in [0.4, 0.5) is 0 Å². The maximum Gasteiger partial charge on any atom is 0.138 e. The van der Waals surface area contributed by atoms with Crippen LogP contribution in [-0.4, -0.2) is 37.6 Å². The van der Waals surface area contributed by atoms with Crippen LogP contribution in [0.25, 0.3) is 0 Å². The Kier molecular flexibility index (Phi) is 4.50. The van der Waals surface area contributed by atoms with Gasteiger partial charge in [-0.05, 0) is 41.5 Å². The number of aliphatic hydroxyl groups is 1. The van der Waals surface area contributed by atoms with Crippen molar-refractivity contribution in [1.29, 1.82) is 0 Å². The number of rotatable bonds is 5. The zero-order valence-corrected chi connectivity index (χ0v) is 12.4. The van der Waals surface area contributed by atoms with E-state index < -0.39 is 5.60 Å². The molecule has 0 radical (unpaired) electrons. The molecule has 0 bridgehead atoms. The summed E-state index contributed by atoms with van der Waals surface area (Å²) in [6.07, 6.45) is 2.04. The summed E-state index contributed by atoms with van der Waals surface area (Å²) in [4.78, 5) is 4.23. The van der Waals surface area contributed by atoms with Gasteiger partial charge in [0.2, 0.25) is 0 Å². The predicted molar refractivity (Wildman–Crippen MR) is 72.5 cm³/mol. The average molecular weight is 254 g/mol. The minimum absolute atomic E-state index is 0.00426. The van der Waals surface area contributed by atoms with Crippen LogP contribution in [-0.2, 0) is 6.42 Å². The third-order valence-corrected chi connectivity index (χ3v) is 2.67. The number of hydrogen-bond acceptors (Lipinski definition) is 4. The van der Waals surface area contributed by atoms with Crippen molar-refractivity contribution in [2.24, 2.45) is 0 Å². The molecule has 104 valence electrons. The van der Waals surface area contributed by atoms with E-state index in [4.69, 9.17) is 0 Å². The molecule has 18 heavy (non-hydrogen) atoms. The predicted octanol–water partition coefficient (Wildman–Crippen LogP) is 1.54. The van der Waals surface area contributed by atoms with E-state index >= 15 is 0 Å². The highest BCUT2D eigenvalue weighted by Crippen LogP contribution is 2.14. The summed E-state index contributed by atoms with van der Waals surface area (Å²) in [5.74, 6) is 0.825. The van der Waals surface area contributed by atoms with E-state index in [1.807, 2.05) is 11.6 Å². The quantitative estimate of drug-likeness (QED) is 0.836. The van der Waals surface area contributed by atoms with E-state index in [0.29, 0.717) is 13.0 Å². The molecule has 1 heterocycles. The topological polar surface area (TPSA) is 63.0 Å². The van der Waals surface area contributed by atoms with Gasteiger partial charge in [-0.3, -0.25) is 0 Å². The normalized spacial score (nSPS) is 16.0. The van der Waals surface area contributed by atoms with Gasteiger partial charge in [-0.2, -0.15) is 5.10 Å². The smallest absolute Gasteiger partial charge is 0.138 e. The number of β-amino-alcohol motifs (C(OH)–C–C–N with tert-alkyl or cyclic N) is 1. The van der Waals surface area contributed by atoms with Crippen LogP contribution < -0.4 is 5.32 Å². The second-order valence-electron chi connectivity index (χ2n) is 6.49. The third-order valence-electron chi connectivity index (χ3n) is 2.67. The first-order chi connectivity index (χ1) is 8.11. The van der Waals surface area contributed by atoms with E-state index in [1.165, 1.54) is 0 Å². The zero-order chi connectivity index (χ0) is 14.0. The highest BCUT2D eigenvalue weighted by atomic mass is 16.3. The fraction of sp³-hybridized carbons (Fsp3) is 0.846. The van der Waals surface area contributed by atoms with Crippen molar-refractivity contribution in [3.05, 3.63) is 12.2 Å². The minimum atomic E-state index is -0.826. The molecule has 0 amide bonds. The van der Waals surface area contributed by atoms with Crippen LogP contribution in [0, 0.1) is 0 Å². The fourth-order valence-corrected chi connectivity index (χ4v) is 1.69. The Morgan fingerprint density at radius 2 is 1.94 bits per heavy atom. The summed E-state index contributed by atoms with van der Waals surface area (Å²) in [5.41, 5.74) is -0.831. The van der Waals surface area contributed by atoms with Crippen LogP contribution in [0.3, 0.4) is 0 Å². The van der Waals surface area contributed by atoms with Gasteiger partial charge < -0.3 is 10.4 Å². The standard InChI is InChI=1S/C13H26N4O/c1-10(2)17-11(14-9-16-17)7-13(6,18)8-15-12(3,4)5/h9-10,15,18H,7-8H2,1-6H3. The van der Waals surface area contributed by atoms with E-state index in [-0.39, 0.29) is 11.6 Å². The van der Waals surface area contributed by atoms with Crippen molar-refractivity contribution in [2.75, 3.05) is 6.54 Å². The van der Waals surface area contributed by atoms with Crippen molar-refractivity contribution >= 4 is 0 Å². The Morgan fingerprint density at radius 3 is 2.44 bits per heavy atom. The lowest BCUT2D eigenvalue weighted by Crippen LogP contribution is -2.47. The molecule has 1 atom stereocenters. The molecule has 1 unspecified atom stereocenters. The summed E-state index contributed by atoms with van der Waals surface area (Å²) in [7, 11) is 0. The number of nitrogens with zero attached hydrogens (tertiary/aromatic N) is 3. The van der Waals surface area contributed by atoms with E-state index in [0.717, 1.165) is 5.82 Å². The summed E-state index contributed by atoms with van der Waals surface area (Å²) in [5, 5.41) is 17.9. The SMILES string of the molecule is CC(C)n1ncnc1CC(C)(O)CNC(C)(C)C. The van der Waals surface area contributed by atoms with Gasteiger partial charge in [0, 0.05) is 24.5 Å². The monoisotopic (exact) mass is 254 g/mol.